The zero-order valence-electron chi connectivity index (χ0n) is 14.2. The van der Waals surface area contributed by atoms with Gasteiger partial charge in [-0.3, -0.25) is 4.79 Å². The summed E-state index contributed by atoms with van der Waals surface area (Å²) < 4.78 is 46.3. The number of ether oxygens (including phenoxy) is 2. The molecule has 1 aromatic rings. The largest absolute Gasteiger partial charge is 0.573 e. The highest BCUT2D eigenvalue weighted by molar-refractivity contribution is 5.71. The van der Waals surface area contributed by atoms with Crippen molar-refractivity contribution in [2.75, 3.05) is 6.54 Å². The van der Waals surface area contributed by atoms with Gasteiger partial charge in [-0.2, -0.15) is 0 Å². The van der Waals surface area contributed by atoms with Crippen LogP contribution < -0.4 is 4.74 Å². The minimum absolute atomic E-state index is 0.0479. The van der Waals surface area contributed by atoms with Gasteiger partial charge in [0, 0.05) is 11.5 Å². The topological polar surface area (TPSA) is 84.3 Å². The molecule has 25 heavy (non-hydrogen) atoms. The quantitative estimate of drug-likeness (QED) is 0.294. The fourth-order valence-electron chi connectivity index (χ4n) is 2.19. The number of halogens is 3. The van der Waals surface area contributed by atoms with Crippen LogP contribution in [0.2, 0.25) is 0 Å². The monoisotopic (exact) mass is 359 g/mol. The molecule has 138 valence electrons. The summed E-state index contributed by atoms with van der Waals surface area (Å²) in [4.78, 5) is 14.7. The van der Waals surface area contributed by atoms with Gasteiger partial charge in [-0.15, -0.1) is 13.2 Å². The molecular weight excluding hydrogens is 339 g/mol. The predicted octanol–water partition coefficient (Wildman–Crippen LogP) is 5.10. The van der Waals surface area contributed by atoms with Crippen LogP contribution in [0.4, 0.5) is 13.2 Å². The van der Waals surface area contributed by atoms with Gasteiger partial charge in [0.1, 0.15) is 11.4 Å². The van der Waals surface area contributed by atoms with E-state index in [2.05, 4.69) is 14.8 Å². The van der Waals surface area contributed by atoms with Crippen molar-refractivity contribution in [2.24, 2.45) is 5.11 Å². The van der Waals surface area contributed by atoms with Crippen molar-refractivity contribution in [1.82, 2.24) is 0 Å². The van der Waals surface area contributed by atoms with Crippen molar-refractivity contribution in [1.29, 1.82) is 0 Å². The molecule has 0 aliphatic heterocycles. The molecule has 0 fully saturated rings. The molecule has 0 heterocycles. The first-order valence-corrected chi connectivity index (χ1v) is 7.58. The zero-order chi connectivity index (χ0) is 19.1. The Bertz CT molecular complexity index is 635. The minimum Gasteiger partial charge on any atom is -0.460 e. The number of rotatable bonds is 7. The predicted molar refractivity (Wildman–Crippen MR) is 85.0 cm³/mol. The molecule has 0 N–H and O–H groups in total. The Kier molecular flexibility index (Phi) is 7.11. The molecule has 0 saturated carbocycles. The van der Waals surface area contributed by atoms with E-state index in [-0.39, 0.29) is 18.7 Å². The van der Waals surface area contributed by atoms with Gasteiger partial charge in [-0.25, -0.2) is 0 Å². The number of carbonyl (C=O) groups excluding carboxylic acids is 1. The third-order valence-corrected chi connectivity index (χ3v) is 3.04. The second-order valence-electron chi connectivity index (χ2n) is 6.35. The molecule has 0 aliphatic rings. The van der Waals surface area contributed by atoms with E-state index in [0.29, 0.717) is 12.0 Å². The average molecular weight is 359 g/mol. The first-order chi connectivity index (χ1) is 11.5. The smallest absolute Gasteiger partial charge is 0.460 e. The van der Waals surface area contributed by atoms with Gasteiger partial charge in [-0.05, 0) is 56.3 Å². The zero-order valence-corrected chi connectivity index (χ0v) is 14.2. The second-order valence-corrected chi connectivity index (χ2v) is 6.35. The maximum absolute atomic E-state index is 12.4. The first-order valence-electron chi connectivity index (χ1n) is 7.58. The molecule has 1 aromatic carbocycles. The van der Waals surface area contributed by atoms with E-state index in [0.717, 1.165) is 0 Å². The van der Waals surface area contributed by atoms with Gasteiger partial charge >= 0.3 is 12.3 Å². The maximum atomic E-state index is 12.4. The molecule has 1 atom stereocenters. The van der Waals surface area contributed by atoms with E-state index in [1.54, 1.807) is 26.8 Å². The second kappa shape index (κ2) is 8.62. The molecule has 6 nitrogen and oxygen atoms in total. The lowest BCUT2D eigenvalue weighted by molar-refractivity contribution is -0.274. The van der Waals surface area contributed by atoms with E-state index in [9.17, 15) is 18.0 Å². The lowest BCUT2D eigenvalue weighted by Gasteiger charge is -2.22. The van der Waals surface area contributed by atoms with Crippen LogP contribution in [0.25, 0.3) is 10.4 Å². The number of benzene rings is 1. The van der Waals surface area contributed by atoms with Crippen molar-refractivity contribution in [3.63, 3.8) is 0 Å². The highest BCUT2D eigenvalue weighted by atomic mass is 19.4. The van der Waals surface area contributed by atoms with Crippen LogP contribution in [0, 0.1) is 0 Å². The summed E-state index contributed by atoms with van der Waals surface area (Å²) in [6.07, 6.45) is -4.56. The number of nitrogens with zero attached hydrogens (tertiary/aromatic N) is 3. The molecule has 0 aromatic heterocycles. The van der Waals surface area contributed by atoms with Crippen molar-refractivity contribution in [3.8, 4) is 5.75 Å². The van der Waals surface area contributed by atoms with E-state index >= 15 is 0 Å². The number of hydrogen-bond acceptors (Lipinski definition) is 4. The van der Waals surface area contributed by atoms with Crippen LogP contribution in [-0.2, 0) is 9.53 Å². The lowest BCUT2D eigenvalue weighted by atomic mass is 9.92. The Labute approximate surface area is 143 Å². The minimum atomic E-state index is -4.80. The standard InChI is InChI=1S/C16H20F3N3O3/c1-15(2,3)25-14(23)10-12(7-8-21-22-20)11-5-4-6-13(9-11)24-16(17,18)19/h4-6,9,12H,7-8,10H2,1-3H3. The highest BCUT2D eigenvalue weighted by Crippen LogP contribution is 2.30. The van der Waals surface area contributed by atoms with Crippen molar-refractivity contribution < 1.29 is 27.4 Å². The van der Waals surface area contributed by atoms with E-state index in [1.807, 2.05) is 0 Å². The Hall–Kier alpha value is -2.41. The van der Waals surface area contributed by atoms with Crippen molar-refractivity contribution in [2.45, 2.75) is 51.5 Å². The first kappa shape index (κ1) is 20.6. The molecule has 0 amide bonds. The van der Waals surface area contributed by atoms with Gasteiger partial charge in [0.15, 0.2) is 0 Å². The van der Waals surface area contributed by atoms with Gasteiger partial charge in [0.2, 0.25) is 0 Å². The Balaban J connectivity index is 2.96. The molecule has 9 heteroatoms. The van der Waals surface area contributed by atoms with Crippen molar-refractivity contribution in [3.05, 3.63) is 40.3 Å². The van der Waals surface area contributed by atoms with Crippen LogP contribution in [-0.4, -0.2) is 24.5 Å². The normalized spacial score (nSPS) is 12.9. The Morgan fingerprint density at radius 3 is 2.56 bits per heavy atom. The maximum Gasteiger partial charge on any atom is 0.573 e. The summed E-state index contributed by atoms with van der Waals surface area (Å²) >= 11 is 0. The summed E-state index contributed by atoms with van der Waals surface area (Å²) in [6.45, 7) is 5.27. The van der Waals surface area contributed by atoms with Gasteiger partial charge < -0.3 is 9.47 Å². The lowest BCUT2D eigenvalue weighted by Crippen LogP contribution is -2.25. The highest BCUT2D eigenvalue weighted by Gasteiger charge is 2.31. The molecule has 0 spiro atoms. The third kappa shape index (κ3) is 8.85. The number of azide groups is 1. The summed E-state index contributed by atoms with van der Waals surface area (Å²) in [5.74, 6) is -1.32. The van der Waals surface area contributed by atoms with E-state index < -0.39 is 23.9 Å². The number of carbonyl (C=O) groups is 1. The Morgan fingerprint density at radius 2 is 2.00 bits per heavy atom. The number of alkyl halides is 3. The van der Waals surface area contributed by atoms with E-state index in [4.69, 9.17) is 10.3 Å². The van der Waals surface area contributed by atoms with Crippen LogP contribution in [0.1, 0.15) is 45.1 Å². The molecule has 0 bridgehead atoms. The molecule has 1 rings (SSSR count). The van der Waals surface area contributed by atoms with Gasteiger partial charge in [-0.1, -0.05) is 17.2 Å². The third-order valence-electron chi connectivity index (χ3n) is 3.04. The molecular formula is C16H20F3N3O3. The van der Waals surface area contributed by atoms with Crippen LogP contribution in [0.15, 0.2) is 29.4 Å². The molecule has 1 unspecified atom stereocenters. The summed E-state index contributed by atoms with van der Waals surface area (Å²) in [7, 11) is 0. The summed E-state index contributed by atoms with van der Waals surface area (Å²) in [5.41, 5.74) is 8.18. The van der Waals surface area contributed by atoms with E-state index in [1.165, 1.54) is 18.2 Å². The Morgan fingerprint density at radius 1 is 1.32 bits per heavy atom. The fourth-order valence-corrected chi connectivity index (χ4v) is 2.19. The van der Waals surface area contributed by atoms with Crippen LogP contribution >= 0.6 is 0 Å². The van der Waals surface area contributed by atoms with Gasteiger partial charge in [0.05, 0.1) is 6.42 Å². The average Bonchev–Trinajstić information content (AvgIpc) is 2.43. The van der Waals surface area contributed by atoms with Gasteiger partial charge in [0.25, 0.3) is 0 Å². The summed E-state index contributed by atoms with van der Waals surface area (Å²) in [5, 5.41) is 3.42. The molecule has 0 aliphatic carbocycles. The number of esters is 1. The molecule has 0 saturated heterocycles. The number of hydrogen-bond donors (Lipinski definition) is 0. The molecule has 0 radical (unpaired) electrons. The SMILES string of the molecule is CC(C)(C)OC(=O)CC(CCN=[N+]=[N-])c1cccc(OC(F)(F)F)c1. The van der Waals surface area contributed by atoms with Crippen LogP contribution in [0.3, 0.4) is 0 Å². The van der Waals surface area contributed by atoms with Crippen molar-refractivity contribution >= 4 is 5.97 Å². The van der Waals surface area contributed by atoms with Crippen LogP contribution in [0.5, 0.6) is 5.75 Å². The summed E-state index contributed by atoms with van der Waals surface area (Å²) in [6, 6.07) is 5.40. The fraction of sp³-hybridized carbons (Fsp3) is 0.562.